The third-order valence-electron chi connectivity index (χ3n) is 2.59. The van der Waals surface area contributed by atoms with Crippen LogP contribution in [0.4, 0.5) is 5.69 Å². The van der Waals surface area contributed by atoms with E-state index in [0.29, 0.717) is 28.3 Å². The Kier molecular flexibility index (Phi) is 3.86. The molecule has 2 rings (SSSR count). The Hall–Kier alpha value is -2.71. The highest BCUT2D eigenvalue weighted by molar-refractivity contribution is 5.45. The summed E-state index contributed by atoms with van der Waals surface area (Å²) in [5.41, 5.74) is 10.4. The van der Waals surface area contributed by atoms with Gasteiger partial charge in [-0.05, 0) is 36.4 Å². The van der Waals surface area contributed by atoms with Crippen LogP contribution < -0.4 is 9.85 Å². The number of nitrogens with one attached hydrogen (secondary N) is 1. The van der Waals surface area contributed by atoms with Gasteiger partial charge in [-0.1, -0.05) is 0 Å². The van der Waals surface area contributed by atoms with Crippen molar-refractivity contribution < 1.29 is 15.0 Å². The first-order valence-corrected chi connectivity index (χ1v) is 5.58. The number of rotatable bonds is 4. The molecule has 0 aromatic heterocycles. The van der Waals surface area contributed by atoms with Crippen molar-refractivity contribution in [2.75, 3.05) is 0 Å². The number of aliphatic hydroxyl groups excluding tert-OH is 1. The molecular weight excluding hydrogens is 242 g/mol. The fourth-order valence-electron chi connectivity index (χ4n) is 1.61. The number of hydrogen-bond acceptors (Lipinski definition) is 3. The summed E-state index contributed by atoms with van der Waals surface area (Å²) < 4.78 is 5.59. The van der Waals surface area contributed by atoms with Gasteiger partial charge in [0.15, 0.2) is 5.69 Å². The number of ether oxygens (including phenoxy) is 1. The SMILES string of the molecule is N#Cc1ccc(Oc2ccc([NH+]=[N-])c(CO)c2)cc1. The topological polar surface area (TPSA) is 89.5 Å². The van der Waals surface area contributed by atoms with E-state index in [1.54, 1.807) is 42.5 Å². The van der Waals surface area contributed by atoms with Gasteiger partial charge in [-0.25, -0.2) is 0 Å². The van der Waals surface area contributed by atoms with Gasteiger partial charge in [0.2, 0.25) is 0 Å². The van der Waals surface area contributed by atoms with Gasteiger partial charge in [-0.3, -0.25) is 5.11 Å². The summed E-state index contributed by atoms with van der Waals surface area (Å²) in [6, 6.07) is 13.6. The molecule has 0 atom stereocenters. The monoisotopic (exact) mass is 253 g/mol. The fraction of sp³-hybridized carbons (Fsp3) is 0.0714. The van der Waals surface area contributed by atoms with E-state index in [1.165, 1.54) is 0 Å². The Morgan fingerprint density at radius 1 is 1.16 bits per heavy atom. The summed E-state index contributed by atoms with van der Waals surface area (Å²) in [7, 11) is 0. The van der Waals surface area contributed by atoms with Crippen molar-refractivity contribution in [1.82, 2.24) is 0 Å². The molecule has 0 spiro atoms. The second kappa shape index (κ2) is 5.76. The first kappa shape index (κ1) is 12.7. The van der Waals surface area contributed by atoms with Crippen molar-refractivity contribution in [3.8, 4) is 17.6 Å². The van der Waals surface area contributed by atoms with E-state index >= 15 is 0 Å². The number of benzene rings is 2. The Balaban J connectivity index is 2.23. The zero-order chi connectivity index (χ0) is 13.7. The van der Waals surface area contributed by atoms with Crippen molar-refractivity contribution in [2.45, 2.75) is 6.61 Å². The van der Waals surface area contributed by atoms with Crippen LogP contribution in [0.25, 0.3) is 5.53 Å². The van der Waals surface area contributed by atoms with Crippen LogP contribution >= 0.6 is 0 Å². The molecule has 19 heavy (non-hydrogen) atoms. The molecule has 0 radical (unpaired) electrons. The van der Waals surface area contributed by atoms with E-state index < -0.39 is 0 Å². The van der Waals surface area contributed by atoms with Crippen LogP contribution in [0.15, 0.2) is 42.5 Å². The van der Waals surface area contributed by atoms with Gasteiger partial charge in [-0.15, -0.1) is 0 Å². The maximum absolute atomic E-state index is 9.17. The highest BCUT2D eigenvalue weighted by Crippen LogP contribution is 2.24. The molecule has 0 bridgehead atoms. The molecule has 5 heteroatoms. The van der Waals surface area contributed by atoms with Crippen LogP contribution in [0.2, 0.25) is 0 Å². The standard InChI is InChI=1S/C14H11N3O2/c15-8-10-1-3-12(4-2-10)19-13-5-6-14(17-16)11(7-13)9-18/h1-7,17-18H,9H2. The van der Waals surface area contributed by atoms with E-state index in [0.717, 1.165) is 0 Å². The molecule has 0 amide bonds. The molecule has 0 saturated heterocycles. The molecule has 0 aliphatic carbocycles. The molecule has 0 aliphatic rings. The average molecular weight is 253 g/mol. The minimum Gasteiger partial charge on any atom is -0.502 e. The molecule has 5 nitrogen and oxygen atoms in total. The predicted octanol–water partition coefficient (Wildman–Crippen LogP) is 1.58. The van der Waals surface area contributed by atoms with E-state index in [4.69, 9.17) is 20.6 Å². The number of nitrogens with zero attached hydrogens (tertiary/aromatic N) is 2. The van der Waals surface area contributed by atoms with Gasteiger partial charge >= 0.3 is 0 Å². The predicted molar refractivity (Wildman–Crippen MR) is 67.6 cm³/mol. The van der Waals surface area contributed by atoms with Gasteiger partial charge in [-0.2, -0.15) is 5.26 Å². The normalized spacial score (nSPS) is 9.68. The average Bonchev–Trinajstić information content (AvgIpc) is 2.48. The third kappa shape index (κ3) is 2.94. The van der Waals surface area contributed by atoms with Gasteiger partial charge in [0.25, 0.3) is 0 Å². The largest absolute Gasteiger partial charge is 0.502 e. The summed E-state index contributed by atoms with van der Waals surface area (Å²) in [6.07, 6.45) is 0. The summed E-state index contributed by atoms with van der Waals surface area (Å²) in [5.74, 6) is 1.13. The molecule has 94 valence electrons. The first-order valence-electron chi connectivity index (χ1n) is 5.58. The maximum atomic E-state index is 9.17. The third-order valence-corrected chi connectivity index (χ3v) is 2.59. The second-order valence-corrected chi connectivity index (χ2v) is 3.83. The van der Waals surface area contributed by atoms with Gasteiger partial charge in [0.1, 0.15) is 11.5 Å². The number of aliphatic hydroxyl groups is 1. The lowest BCUT2D eigenvalue weighted by atomic mass is 10.2. The second-order valence-electron chi connectivity index (χ2n) is 3.83. The molecule has 0 heterocycles. The Labute approximate surface area is 110 Å². The van der Waals surface area contributed by atoms with Crippen molar-refractivity contribution in [3.63, 3.8) is 0 Å². The lowest BCUT2D eigenvalue weighted by Gasteiger charge is -2.07. The van der Waals surface area contributed by atoms with Gasteiger partial charge in [0, 0.05) is 6.07 Å². The lowest BCUT2D eigenvalue weighted by molar-refractivity contribution is -0.380. The van der Waals surface area contributed by atoms with Gasteiger partial charge in [0.05, 0.1) is 23.8 Å². The molecule has 0 saturated carbocycles. The van der Waals surface area contributed by atoms with E-state index in [2.05, 4.69) is 0 Å². The Morgan fingerprint density at radius 2 is 1.84 bits per heavy atom. The van der Waals surface area contributed by atoms with Crippen LogP contribution in [0.3, 0.4) is 0 Å². The molecule has 2 N–H and O–H groups in total. The van der Waals surface area contributed by atoms with Crippen LogP contribution in [0.1, 0.15) is 11.1 Å². The minimum atomic E-state index is -0.215. The first-order chi connectivity index (χ1) is 9.26. The van der Waals surface area contributed by atoms with Crippen LogP contribution in [0.5, 0.6) is 11.5 Å². The zero-order valence-electron chi connectivity index (χ0n) is 10.00. The van der Waals surface area contributed by atoms with Crippen LogP contribution in [-0.2, 0) is 6.61 Å². The Bertz CT molecular complexity index is 630. The molecule has 2 aromatic carbocycles. The van der Waals surface area contributed by atoms with E-state index in [1.807, 2.05) is 11.2 Å². The molecule has 0 unspecified atom stereocenters. The number of nitriles is 1. The molecule has 0 aliphatic heterocycles. The summed E-state index contributed by atoms with van der Waals surface area (Å²) >= 11 is 0. The van der Waals surface area contributed by atoms with Crippen LogP contribution in [0, 0.1) is 11.3 Å². The number of hydrogen-bond donors (Lipinski definition) is 2. The van der Waals surface area contributed by atoms with Crippen molar-refractivity contribution in [1.29, 1.82) is 5.26 Å². The van der Waals surface area contributed by atoms with E-state index in [9.17, 15) is 0 Å². The summed E-state index contributed by atoms with van der Waals surface area (Å²) in [5, 5.41) is 19.9. The Morgan fingerprint density at radius 3 is 2.42 bits per heavy atom. The zero-order valence-corrected chi connectivity index (χ0v) is 10.00. The van der Waals surface area contributed by atoms with Crippen molar-refractivity contribution in [2.24, 2.45) is 0 Å². The van der Waals surface area contributed by atoms with Gasteiger partial charge < -0.3 is 15.4 Å². The maximum Gasteiger partial charge on any atom is 0.198 e. The summed E-state index contributed by atoms with van der Waals surface area (Å²) in [6.45, 7) is -0.215. The highest BCUT2D eigenvalue weighted by atomic mass is 16.5. The van der Waals surface area contributed by atoms with Crippen LogP contribution in [-0.4, -0.2) is 5.11 Å². The lowest BCUT2D eigenvalue weighted by Crippen LogP contribution is -2.55. The van der Waals surface area contributed by atoms with Crippen molar-refractivity contribution >= 4 is 5.69 Å². The molecule has 0 fully saturated rings. The molecule has 2 aromatic rings. The van der Waals surface area contributed by atoms with Crippen molar-refractivity contribution in [3.05, 3.63) is 59.1 Å². The highest BCUT2D eigenvalue weighted by Gasteiger charge is 2.06. The quantitative estimate of drug-likeness (QED) is 0.810. The fourth-order valence-corrected chi connectivity index (χ4v) is 1.61. The molecular formula is C14H11N3O2. The smallest absolute Gasteiger partial charge is 0.198 e. The minimum absolute atomic E-state index is 0.215. The summed E-state index contributed by atoms with van der Waals surface area (Å²) in [4.78, 5) is 0. The van der Waals surface area contributed by atoms with E-state index in [-0.39, 0.29) is 6.61 Å².